The van der Waals surface area contributed by atoms with Crippen LogP contribution in [0.5, 0.6) is 0 Å². The van der Waals surface area contributed by atoms with E-state index in [0.29, 0.717) is 67.8 Å². The van der Waals surface area contributed by atoms with E-state index in [9.17, 15) is 14.9 Å². The Balaban J connectivity index is 1.38. The van der Waals surface area contributed by atoms with Crippen molar-refractivity contribution in [3.05, 3.63) is 93.2 Å². The summed E-state index contributed by atoms with van der Waals surface area (Å²) in [5, 5.41) is 14.2. The van der Waals surface area contributed by atoms with Crippen LogP contribution in [0.2, 0.25) is 0 Å². The fourth-order valence-corrected chi connectivity index (χ4v) is 4.71. The molecule has 0 saturated carbocycles. The highest BCUT2D eigenvalue weighted by Gasteiger charge is 2.25. The fraction of sp³-hybridized carbons (Fsp3) is 0.231. The van der Waals surface area contributed by atoms with Crippen LogP contribution >= 0.6 is 15.9 Å². The first-order chi connectivity index (χ1) is 18.4. The quantitative estimate of drug-likeness (QED) is 0.189. The molecule has 11 nitrogen and oxygen atoms in total. The van der Waals surface area contributed by atoms with Gasteiger partial charge in [-0.3, -0.25) is 14.9 Å². The van der Waals surface area contributed by atoms with Crippen LogP contribution in [-0.4, -0.2) is 68.0 Å². The van der Waals surface area contributed by atoms with Gasteiger partial charge in [0.25, 0.3) is 11.6 Å². The summed E-state index contributed by atoms with van der Waals surface area (Å²) in [5.41, 5.74) is 2.85. The number of anilines is 2. The average molecular weight is 577 g/mol. The Morgan fingerprint density at radius 3 is 2.58 bits per heavy atom. The Morgan fingerprint density at radius 1 is 1.13 bits per heavy atom. The molecule has 0 aliphatic carbocycles. The van der Waals surface area contributed by atoms with Crippen molar-refractivity contribution in [2.45, 2.75) is 6.54 Å². The molecule has 3 heterocycles. The van der Waals surface area contributed by atoms with Gasteiger partial charge >= 0.3 is 0 Å². The number of piperazine rings is 1. The second-order valence-corrected chi connectivity index (χ2v) is 9.72. The summed E-state index contributed by atoms with van der Waals surface area (Å²) in [7, 11) is 0. The molecular weight excluding hydrogens is 552 g/mol. The summed E-state index contributed by atoms with van der Waals surface area (Å²) in [6.45, 7) is 6.99. The predicted octanol–water partition coefficient (Wildman–Crippen LogP) is 4.11. The minimum Gasteiger partial charge on any atom is -0.365 e. The second kappa shape index (κ2) is 11.0. The molecule has 38 heavy (non-hydrogen) atoms. The number of amides is 1. The molecule has 1 fully saturated rings. The second-order valence-electron chi connectivity index (χ2n) is 8.80. The third-order valence-corrected chi connectivity index (χ3v) is 6.78. The molecule has 0 radical (unpaired) electrons. The van der Waals surface area contributed by atoms with E-state index in [-0.39, 0.29) is 11.6 Å². The SMILES string of the molecule is C=CCNc1nc(N2CCN(C(=O)c3cccc(Br)c3)CC2)nc2c1ncn2Cc1ccc([N+](=O)[O-])cc1. The van der Waals surface area contributed by atoms with Crippen LogP contribution in [-0.2, 0) is 6.54 Å². The van der Waals surface area contributed by atoms with Crippen LogP contribution in [0.4, 0.5) is 17.5 Å². The lowest BCUT2D eigenvalue weighted by Gasteiger charge is -2.35. The topological polar surface area (TPSA) is 122 Å². The number of imidazole rings is 1. The van der Waals surface area contributed by atoms with Crippen molar-refractivity contribution in [3.8, 4) is 0 Å². The normalized spacial score (nSPS) is 13.5. The molecular formula is C26H25BrN8O3. The number of carbonyl (C=O) groups excluding carboxylic acids is 1. The first-order valence-corrected chi connectivity index (χ1v) is 12.8. The summed E-state index contributed by atoms with van der Waals surface area (Å²) in [5.74, 6) is 1.14. The maximum atomic E-state index is 13.0. The van der Waals surface area contributed by atoms with E-state index >= 15 is 0 Å². The molecule has 5 rings (SSSR count). The van der Waals surface area contributed by atoms with Gasteiger partial charge in [0.1, 0.15) is 0 Å². The molecule has 1 saturated heterocycles. The van der Waals surface area contributed by atoms with Gasteiger partial charge in [0.05, 0.1) is 17.8 Å². The highest BCUT2D eigenvalue weighted by atomic mass is 79.9. The van der Waals surface area contributed by atoms with Gasteiger partial charge in [0.15, 0.2) is 17.0 Å². The Bertz CT molecular complexity index is 1500. The highest BCUT2D eigenvalue weighted by Crippen LogP contribution is 2.25. The molecule has 1 amide bonds. The van der Waals surface area contributed by atoms with Gasteiger partial charge in [-0.05, 0) is 23.8 Å². The Labute approximate surface area is 227 Å². The smallest absolute Gasteiger partial charge is 0.269 e. The van der Waals surface area contributed by atoms with E-state index in [4.69, 9.17) is 9.97 Å². The highest BCUT2D eigenvalue weighted by molar-refractivity contribution is 9.10. The van der Waals surface area contributed by atoms with Gasteiger partial charge in [-0.25, -0.2) is 4.98 Å². The molecule has 2 aromatic carbocycles. The van der Waals surface area contributed by atoms with Gasteiger partial charge in [-0.1, -0.05) is 40.2 Å². The number of rotatable bonds is 8. The predicted molar refractivity (Wildman–Crippen MR) is 148 cm³/mol. The number of nitrogens with zero attached hydrogens (tertiary/aromatic N) is 7. The average Bonchev–Trinajstić information content (AvgIpc) is 3.34. The molecule has 4 aromatic rings. The summed E-state index contributed by atoms with van der Waals surface area (Å²) in [4.78, 5) is 41.6. The van der Waals surface area contributed by atoms with Crippen molar-refractivity contribution < 1.29 is 9.72 Å². The van der Waals surface area contributed by atoms with Crippen LogP contribution in [0.15, 0.2) is 72.0 Å². The molecule has 194 valence electrons. The zero-order valence-electron chi connectivity index (χ0n) is 20.5. The van der Waals surface area contributed by atoms with Crippen LogP contribution in [0.25, 0.3) is 11.2 Å². The van der Waals surface area contributed by atoms with E-state index in [1.165, 1.54) is 12.1 Å². The zero-order chi connectivity index (χ0) is 26.6. The monoisotopic (exact) mass is 576 g/mol. The van der Waals surface area contributed by atoms with Gasteiger partial charge in [-0.15, -0.1) is 6.58 Å². The number of aromatic nitrogens is 4. The molecule has 0 unspecified atom stereocenters. The Morgan fingerprint density at radius 2 is 1.89 bits per heavy atom. The number of hydrogen-bond acceptors (Lipinski definition) is 8. The number of carbonyl (C=O) groups is 1. The summed E-state index contributed by atoms with van der Waals surface area (Å²) in [6, 6.07) is 13.8. The van der Waals surface area contributed by atoms with E-state index in [0.717, 1.165) is 10.0 Å². The third-order valence-electron chi connectivity index (χ3n) is 6.29. The molecule has 0 atom stereocenters. The van der Waals surface area contributed by atoms with E-state index in [1.807, 2.05) is 33.7 Å². The number of non-ortho nitro benzene ring substituents is 1. The number of hydrogen-bond donors (Lipinski definition) is 1. The molecule has 1 aliphatic rings. The van der Waals surface area contributed by atoms with Crippen molar-refractivity contribution in [1.29, 1.82) is 0 Å². The van der Waals surface area contributed by atoms with Crippen molar-refractivity contribution >= 4 is 50.5 Å². The van der Waals surface area contributed by atoms with Crippen molar-refractivity contribution in [1.82, 2.24) is 24.4 Å². The fourth-order valence-electron chi connectivity index (χ4n) is 4.32. The molecule has 1 N–H and O–H groups in total. The van der Waals surface area contributed by atoms with Crippen molar-refractivity contribution in [2.75, 3.05) is 42.9 Å². The molecule has 12 heteroatoms. The lowest BCUT2D eigenvalue weighted by atomic mass is 10.2. The summed E-state index contributed by atoms with van der Waals surface area (Å²) in [6.07, 6.45) is 3.44. The summed E-state index contributed by atoms with van der Waals surface area (Å²) >= 11 is 3.43. The number of halogens is 1. The van der Waals surface area contributed by atoms with Crippen molar-refractivity contribution in [3.63, 3.8) is 0 Å². The lowest BCUT2D eigenvalue weighted by Crippen LogP contribution is -2.49. The van der Waals surface area contributed by atoms with Crippen LogP contribution in [0, 0.1) is 10.1 Å². The van der Waals surface area contributed by atoms with Crippen LogP contribution in [0.1, 0.15) is 15.9 Å². The number of nitro benzene ring substituents is 1. The minimum atomic E-state index is -0.417. The maximum absolute atomic E-state index is 13.0. The van der Waals surface area contributed by atoms with Crippen LogP contribution in [0.3, 0.4) is 0 Å². The first kappa shape index (κ1) is 25.3. The molecule has 0 spiro atoms. The van der Waals surface area contributed by atoms with Gasteiger partial charge in [0.2, 0.25) is 5.95 Å². The van der Waals surface area contributed by atoms with Gasteiger partial charge < -0.3 is 19.7 Å². The van der Waals surface area contributed by atoms with Gasteiger partial charge in [0, 0.05) is 54.9 Å². The van der Waals surface area contributed by atoms with Gasteiger partial charge in [-0.2, -0.15) is 9.97 Å². The minimum absolute atomic E-state index is 0.00293. The molecule has 0 bridgehead atoms. The number of nitro groups is 1. The van der Waals surface area contributed by atoms with Crippen LogP contribution < -0.4 is 10.2 Å². The van der Waals surface area contributed by atoms with Crippen molar-refractivity contribution in [2.24, 2.45) is 0 Å². The van der Waals surface area contributed by atoms with E-state index in [2.05, 4.69) is 37.7 Å². The summed E-state index contributed by atoms with van der Waals surface area (Å²) < 4.78 is 2.77. The van der Waals surface area contributed by atoms with E-state index in [1.54, 1.807) is 24.5 Å². The third kappa shape index (κ3) is 5.35. The Hall–Kier alpha value is -4.32. The standard InChI is InChI=1S/C26H25BrN8O3/c1-2-10-28-23-22-24(34(17-29-22)16-18-6-8-21(9-7-18)35(37)38)31-26(30-23)33-13-11-32(12-14-33)25(36)19-4-3-5-20(27)15-19/h2-9,15,17H,1,10-14,16H2,(H,28,30,31). The maximum Gasteiger partial charge on any atom is 0.269 e. The number of fused-ring (bicyclic) bond motifs is 1. The lowest BCUT2D eigenvalue weighted by molar-refractivity contribution is -0.384. The largest absolute Gasteiger partial charge is 0.365 e. The Kier molecular flexibility index (Phi) is 7.31. The number of benzene rings is 2. The zero-order valence-corrected chi connectivity index (χ0v) is 22.0. The number of nitrogens with one attached hydrogen (secondary N) is 1. The molecule has 2 aromatic heterocycles. The van der Waals surface area contributed by atoms with E-state index < -0.39 is 4.92 Å². The molecule has 1 aliphatic heterocycles. The first-order valence-electron chi connectivity index (χ1n) is 12.0.